The highest BCUT2D eigenvalue weighted by molar-refractivity contribution is 9.10. The van der Waals surface area contributed by atoms with Crippen LogP contribution in [0.3, 0.4) is 0 Å². The number of hydrogen-bond donors (Lipinski definition) is 2. The Morgan fingerprint density at radius 3 is 2.70 bits per heavy atom. The molecule has 1 unspecified atom stereocenters. The molecule has 0 saturated heterocycles. The van der Waals surface area contributed by atoms with Crippen LogP contribution in [-0.2, 0) is 6.54 Å². The molecule has 0 fully saturated rings. The number of halogens is 1. The Bertz CT molecular complexity index is 486. The fourth-order valence-electron chi connectivity index (χ4n) is 1.51. The van der Waals surface area contributed by atoms with Crippen LogP contribution in [0, 0.1) is 5.92 Å². The van der Waals surface area contributed by atoms with Gasteiger partial charge in [-0.15, -0.1) is 0 Å². The van der Waals surface area contributed by atoms with E-state index < -0.39 is 0 Å². The Hall–Kier alpha value is -0.920. The molecule has 7 heteroatoms. The van der Waals surface area contributed by atoms with E-state index in [1.807, 2.05) is 19.0 Å². The maximum Gasteiger partial charge on any atom is 0.283 e. The first-order chi connectivity index (χ1) is 9.32. The number of hydrogen-bond acceptors (Lipinski definition) is 5. The molecule has 0 aliphatic carbocycles. The third kappa shape index (κ3) is 4.88. The molecule has 0 spiro atoms. The Kier molecular flexibility index (Phi) is 6.64. The van der Waals surface area contributed by atoms with Crippen LogP contribution in [0.2, 0.25) is 0 Å². The van der Waals surface area contributed by atoms with E-state index in [1.165, 1.54) is 4.68 Å². The van der Waals surface area contributed by atoms with E-state index in [-0.39, 0.29) is 11.6 Å². The van der Waals surface area contributed by atoms with Crippen molar-refractivity contribution in [2.45, 2.75) is 26.4 Å². The number of nitrogens with one attached hydrogen (secondary N) is 1. The van der Waals surface area contributed by atoms with Gasteiger partial charge < -0.3 is 16.0 Å². The van der Waals surface area contributed by atoms with E-state index in [4.69, 9.17) is 5.73 Å². The largest absolute Gasteiger partial charge is 0.381 e. The summed E-state index contributed by atoms with van der Waals surface area (Å²) in [4.78, 5) is 14.2. The molecule has 0 aromatic carbocycles. The summed E-state index contributed by atoms with van der Waals surface area (Å²) in [7, 11) is 3.92. The second-order valence-electron chi connectivity index (χ2n) is 5.49. The summed E-state index contributed by atoms with van der Waals surface area (Å²) >= 11 is 3.33. The molecule has 1 rings (SSSR count). The smallest absolute Gasteiger partial charge is 0.283 e. The van der Waals surface area contributed by atoms with Gasteiger partial charge in [0, 0.05) is 19.1 Å². The lowest BCUT2D eigenvalue weighted by molar-refractivity contribution is 0.367. The number of aromatic nitrogens is 2. The van der Waals surface area contributed by atoms with E-state index >= 15 is 0 Å². The third-order valence-corrected chi connectivity index (χ3v) is 3.89. The van der Waals surface area contributed by atoms with E-state index in [1.54, 1.807) is 6.20 Å². The highest BCUT2D eigenvalue weighted by Gasteiger charge is 2.11. The van der Waals surface area contributed by atoms with Crippen LogP contribution in [0.5, 0.6) is 0 Å². The Morgan fingerprint density at radius 2 is 2.15 bits per heavy atom. The summed E-state index contributed by atoms with van der Waals surface area (Å²) in [6.45, 7) is 6.08. The first-order valence-electron chi connectivity index (χ1n) is 6.72. The summed E-state index contributed by atoms with van der Waals surface area (Å²) in [5, 5.41) is 7.35. The van der Waals surface area contributed by atoms with Crippen LogP contribution >= 0.6 is 15.9 Å². The second-order valence-corrected chi connectivity index (χ2v) is 6.29. The highest BCUT2D eigenvalue weighted by Crippen LogP contribution is 2.16. The van der Waals surface area contributed by atoms with Gasteiger partial charge in [-0.2, -0.15) is 5.10 Å². The number of nitrogens with zero attached hydrogens (tertiary/aromatic N) is 3. The summed E-state index contributed by atoms with van der Waals surface area (Å²) in [5.74, 6) is 0.384. The van der Waals surface area contributed by atoms with Crippen molar-refractivity contribution in [1.29, 1.82) is 0 Å². The molecule has 114 valence electrons. The predicted molar refractivity (Wildman–Crippen MR) is 86.1 cm³/mol. The van der Waals surface area contributed by atoms with Gasteiger partial charge in [-0.25, -0.2) is 4.68 Å². The molecule has 0 bridgehead atoms. The minimum Gasteiger partial charge on any atom is -0.381 e. The van der Waals surface area contributed by atoms with Crippen molar-refractivity contribution < 1.29 is 0 Å². The Morgan fingerprint density at radius 1 is 1.50 bits per heavy atom. The van der Waals surface area contributed by atoms with E-state index in [9.17, 15) is 4.79 Å². The molecule has 0 amide bonds. The van der Waals surface area contributed by atoms with Gasteiger partial charge in [0.15, 0.2) is 0 Å². The van der Waals surface area contributed by atoms with Gasteiger partial charge in [0.05, 0.1) is 18.4 Å². The standard InChI is InChI=1S/C13H24BrN5O/c1-9(2)10(15)7-16-11-8-17-19(6-5-18(3)4)13(20)12(11)14/h8-10,16H,5-7,15H2,1-4H3. The molecular formula is C13H24BrN5O. The van der Waals surface area contributed by atoms with Gasteiger partial charge >= 0.3 is 0 Å². The van der Waals surface area contributed by atoms with Crippen molar-refractivity contribution in [1.82, 2.24) is 14.7 Å². The summed E-state index contributed by atoms with van der Waals surface area (Å²) in [5.41, 5.74) is 6.53. The number of rotatable bonds is 7. The molecule has 1 heterocycles. The molecular weight excluding hydrogens is 322 g/mol. The first kappa shape index (κ1) is 17.1. The maximum atomic E-state index is 12.1. The zero-order valence-corrected chi connectivity index (χ0v) is 14.1. The van der Waals surface area contributed by atoms with Crippen LogP contribution in [0.1, 0.15) is 13.8 Å². The number of anilines is 1. The fraction of sp³-hybridized carbons (Fsp3) is 0.692. The summed E-state index contributed by atoms with van der Waals surface area (Å²) < 4.78 is 1.96. The average molecular weight is 346 g/mol. The zero-order valence-electron chi connectivity index (χ0n) is 12.6. The van der Waals surface area contributed by atoms with E-state index in [0.717, 1.165) is 6.54 Å². The van der Waals surface area contributed by atoms with Crippen molar-refractivity contribution in [3.8, 4) is 0 Å². The molecule has 0 radical (unpaired) electrons. The zero-order chi connectivity index (χ0) is 15.3. The maximum absolute atomic E-state index is 12.1. The molecule has 20 heavy (non-hydrogen) atoms. The van der Waals surface area contributed by atoms with Gasteiger partial charge in [-0.05, 0) is 35.9 Å². The molecule has 1 aromatic rings. The number of nitrogens with two attached hydrogens (primary N) is 1. The lowest BCUT2D eigenvalue weighted by Gasteiger charge is -2.18. The average Bonchev–Trinajstić information content (AvgIpc) is 2.38. The quantitative estimate of drug-likeness (QED) is 0.769. The van der Waals surface area contributed by atoms with Gasteiger partial charge in [0.1, 0.15) is 4.47 Å². The Balaban J connectivity index is 2.76. The summed E-state index contributed by atoms with van der Waals surface area (Å²) in [6, 6.07) is 0.0399. The SMILES string of the molecule is CC(C)C(N)CNc1cnn(CCN(C)C)c(=O)c1Br. The van der Waals surface area contributed by atoms with Crippen molar-refractivity contribution in [3.63, 3.8) is 0 Å². The van der Waals surface area contributed by atoms with Crippen LogP contribution in [0.15, 0.2) is 15.5 Å². The van der Waals surface area contributed by atoms with Crippen LogP contribution in [0.4, 0.5) is 5.69 Å². The fourth-order valence-corrected chi connectivity index (χ4v) is 1.95. The lowest BCUT2D eigenvalue weighted by Crippen LogP contribution is -2.35. The Labute approximate surface area is 128 Å². The molecule has 0 aliphatic rings. The second kappa shape index (κ2) is 7.75. The van der Waals surface area contributed by atoms with Crippen molar-refractivity contribution in [2.24, 2.45) is 11.7 Å². The minimum atomic E-state index is -0.130. The van der Waals surface area contributed by atoms with Gasteiger partial charge in [-0.1, -0.05) is 13.8 Å². The van der Waals surface area contributed by atoms with E-state index in [0.29, 0.717) is 29.2 Å². The molecule has 0 aliphatic heterocycles. The molecule has 1 atom stereocenters. The predicted octanol–water partition coefficient (Wildman–Crippen LogP) is 0.963. The molecule has 1 aromatic heterocycles. The molecule has 6 nitrogen and oxygen atoms in total. The number of likely N-dealkylation sites (N-methyl/N-ethyl adjacent to an activating group) is 1. The van der Waals surface area contributed by atoms with Crippen molar-refractivity contribution in [3.05, 3.63) is 21.0 Å². The van der Waals surface area contributed by atoms with Gasteiger partial charge in [-0.3, -0.25) is 4.79 Å². The normalized spacial score (nSPS) is 13.0. The lowest BCUT2D eigenvalue weighted by atomic mass is 10.1. The van der Waals surface area contributed by atoms with Crippen molar-refractivity contribution >= 4 is 21.6 Å². The monoisotopic (exact) mass is 345 g/mol. The van der Waals surface area contributed by atoms with Crippen LogP contribution in [-0.4, -0.2) is 47.9 Å². The molecule has 3 N–H and O–H groups in total. The van der Waals surface area contributed by atoms with Crippen LogP contribution < -0.4 is 16.6 Å². The van der Waals surface area contributed by atoms with Crippen molar-refractivity contribution in [2.75, 3.05) is 32.5 Å². The summed E-state index contributed by atoms with van der Waals surface area (Å²) in [6.07, 6.45) is 1.66. The minimum absolute atomic E-state index is 0.0399. The highest BCUT2D eigenvalue weighted by atomic mass is 79.9. The van der Waals surface area contributed by atoms with Gasteiger partial charge in [0.25, 0.3) is 5.56 Å². The first-order valence-corrected chi connectivity index (χ1v) is 7.52. The van der Waals surface area contributed by atoms with E-state index in [2.05, 4.69) is 40.2 Å². The molecule has 0 saturated carbocycles. The third-order valence-electron chi connectivity index (χ3n) is 3.13. The topological polar surface area (TPSA) is 76.2 Å². The van der Waals surface area contributed by atoms with Crippen LogP contribution in [0.25, 0.3) is 0 Å². The van der Waals surface area contributed by atoms with Gasteiger partial charge in [0.2, 0.25) is 0 Å².